The largest absolute Gasteiger partial charge is 0.506 e. The highest BCUT2D eigenvalue weighted by Crippen LogP contribution is 2.24. The van der Waals surface area contributed by atoms with Crippen LogP contribution in [0.3, 0.4) is 0 Å². The third-order valence-corrected chi connectivity index (χ3v) is 3.06. The summed E-state index contributed by atoms with van der Waals surface area (Å²) in [7, 11) is 0. The fourth-order valence-electron chi connectivity index (χ4n) is 1.50. The van der Waals surface area contributed by atoms with Gasteiger partial charge in [0, 0.05) is 0 Å². The van der Waals surface area contributed by atoms with Crippen molar-refractivity contribution in [3.8, 4) is 5.75 Å². The number of hydrogen-bond acceptors (Lipinski definition) is 4. The molecule has 0 aliphatic carbocycles. The van der Waals surface area contributed by atoms with Gasteiger partial charge >= 0.3 is 5.97 Å². The number of carbonyl (C=O) groups excluding carboxylic acids is 1. The summed E-state index contributed by atoms with van der Waals surface area (Å²) >= 11 is 0. The fraction of sp³-hybridized carbons (Fsp3) is 0.385. The molecule has 1 aromatic rings. The normalized spacial score (nSPS) is 13.6. The van der Waals surface area contributed by atoms with Gasteiger partial charge in [-0.15, -0.1) is 0 Å². The maximum atomic E-state index is 11.9. The first kappa shape index (κ1) is 15.0. The van der Waals surface area contributed by atoms with Crippen LogP contribution in [0.5, 0.6) is 5.75 Å². The van der Waals surface area contributed by atoms with Crippen molar-refractivity contribution < 1.29 is 19.8 Å². The van der Waals surface area contributed by atoms with Gasteiger partial charge in [-0.05, 0) is 24.1 Å². The maximum Gasteiger partial charge on any atom is 0.335 e. The molecule has 2 unspecified atom stereocenters. The molecule has 104 valence electrons. The molecule has 6 nitrogen and oxygen atoms in total. The molecule has 19 heavy (non-hydrogen) atoms. The van der Waals surface area contributed by atoms with Crippen LogP contribution in [0.2, 0.25) is 0 Å². The van der Waals surface area contributed by atoms with E-state index in [1.54, 1.807) is 0 Å². The van der Waals surface area contributed by atoms with Crippen molar-refractivity contribution in [1.29, 1.82) is 0 Å². The molecule has 2 atom stereocenters. The van der Waals surface area contributed by atoms with Gasteiger partial charge < -0.3 is 21.3 Å². The standard InChI is InChI=1S/C13H18N2O4/c1-3-7(2)11(14)12(17)15-9-6-8(13(18)19)4-5-10(9)16/h4-7,11,16H,3,14H2,1-2H3,(H,15,17)(H,18,19). The van der Waals surface area contributed by atoms with Gasteiger partial charge in [0.05, 0.1) is 17.3 Å². The Labute approximate surface area is 111 Å². The summed E-state index contributed by atoms with van der Waals surface area (Å²) in [4.78, 5) is 22.7. The van der Waals surface area contributed by atoms with Crippen LogP contribution in [0.15, 0.2) is 18.2 Å². The lowest BCUT2D eigenvalue weighted by Gasteiger charge is -2.18. The van der Waals surface area contributed by atoms with Crippen molar-refractivity contribution in [1.82, 2.24) is 0 Å². The molecule has 0 aliphatic rings. The van der Waals surface area contributed by atoms with Crippen molar-refractivity contribution in [2.24, 2.45) is 11.7 Å². The first-order valence-corrected chi connectivity index (χ1v) is 5.99. The molecule has 1 amide bonds. The third kappa shape index (κ3) is 3.69. The van der Waals surface area contributed by atoms with Crippen molar-refractivity contribution in [3.05, 3.63) is 23.8 Å². The first-order valence-electron chi connectivity index (χ1n) is 5.99. The van der Waals surface area contributed by atoms with Crippen LogP contribution in [0.25, 0.3) is 0 Å². The number of hydrogen-bond donors (Lipinski definition) is 4. The average Bonchev–Trinajstić information content (AvgIpc) is 2.38. The number of aromatic carboxylic acids is 1. The second-order valence-corrected chi connectivity index (χ2v) is 4.44. The number of benzene rings is 1. The Morgan fingerprint density at radius 3 is 2.58 bits per heavy atom. The minimum atomic E-state index is -1.14. The lowest BCUT2D eigenvalue weighted by atomic mass is 9.99. The van der Waals surface area contributed by atoms with E-state index in [0.29, 0.717) is 0 Å². The summed E-state index contributed by atoms with van der Waals surface area (Å²) in [6.45, 7) is 3.76. The number of nitrogens with one attached hydrogen (secondary N) is 1. The van der Waals surface area contributed by atoms with Gasteiger partial charge in [0.2, 0.25) is 5.91 Å². The average molecular weight is 266 g/mol. The molecule has 0 heterocycles. The van der Waals surface area contributed by atoms with Crippen LogP contribution in [-0.2, 0) is 4.79 Å². The molecular formula is C13H18N2O4. The van der Waals surface area contributed by atoms with Crippen LogP contribution in [0.4, 0.5) is 5.69 Å². The van der Waals surface area contributed by atoms with E-state index < -0.39 is 17.9 Å². The Hall–Kier alpha value is -2.08. The summed E-state index contributed by atoms with van der Waals surface area (Å²) in [5, 5.41) is 20.9. The van der Waals surface area contributed by atoms with Crippen LogP contribution < -0.4 is 11.1 Å². The van der Waals surface area contributed by atoms with E-state index in [1.807, 2.05) is 13.8 Å². The molecule has 0 aromatic heterocycles. The van der Waals surface area contributed by atoms with E-state index >= 15 is 0 Å². The van der Waals surface area contributed by atoms with Crippen LogP contribution in [0.1, 0.15) is 30.6 Å². The number of anilines is 1. The highest BCUT2D eigenvalue weighted by Gasteiger charge is 2.20. The second kappa shape index (κ2) is 6.19. The quantitative estimate of drug-likeness (QED) is 0.602. The molecule has 0 saturated carbocycles. The van der Waals surface area contributed by atoms with Gasteiger partial charge in [-0.3, -0.25) is 4.79 Å². The maximum absolute atomic E-state index is 11.9. The van der Waals surface area contributed by atoms with Gasteiger partial charge in [-0.1, -0.05) is 20.3 Å². The van der Waals surface area contributed by atoms with Gasteiger partial charge in [0.25, 0.3) is 0 Å². The number of phenols is 1. The Morgan fingerprint density at radius 1 is 1.42 bits per heavy atom. The first-order chi connectivity index (χ1) is 8.86. The lowest BCUT2D eigenvalue weighted by molar-refractivity contribution is -0.118. The highest BCUT2D eigenvalue weighted by atomic mass is 16.4. The van der Waals surface area contributed by atoms with Gasteiger partial charge in [0.1, 0.15) is 5.75 Å². The van der Waals surface area contributed by atoms with Gasteiger partial charge in [-0.25, -0.2) is 4.79 Å². The number of rotatable bonds is 5. The molecule has 0 spiro atoms. The topological polar surface area (TPSA) is 113 Å². The Morgan fingerprint density at radius 2 is 2.05 bits per heavy atom. The van der Waals surface area contributed by atoms with Crippen molar-refractivity contribution >= 4 is 17.6 Å². The van der Waals surface area contributed by atoms with Crippen molar-refractivity contribution in [2.75, 3.05) is 5.32 Å². The summed E-state index contributed by atoms with van der Waals surface area (Å²) in [6.07, 6.45) is 0.746. The van der Waals surface area contributed by atoms with Crippen molar-refractivity contribution in [2.45, 2.75) is 26.3 Å². The fourth-order valence-corrected chi connectivity index (χ4v) is 1.50. The monoisotopic (exact) mass is 266 g/mol. The number of aromatic hydroxyl groups is 1. The van der Waals surface area contributed by atoms with Crippen LogP contribution in [0, 0.1) is 5.92 Å². The third-order valence-electron chi connectivity index (χ3n) is 3.06. The van der Waals surface area contributed by atoms with E-state index in [0.717, 1.165) is 6.42 Å². The zero-order valence-corrected chi connectivity index (χ0v) is 10.9. The summed E-state index contributed by atoms with van der Waals surface area (Å²) in [5.41, 5.74) is 5.78. The SMILES string of the molecule is CCC(C)C(N)C(=O)Nc1cc(C(=O)O)ccc1O. The number of amides is 1. The molecule has 0 bridgehead atoms. The molecule has 1 rings (SSSR count). The van der Waals surface area contributed by atoms with E-state index in [4.69, 9.17) is 10.8 Å². The molecule has 1 aromatic carbocycles. The minimum Gasteiger partial charge on any atom is -0.506 e. The van der Waals surface area contributed by atoms with Crippen LogP contribution >= 0.6 is 0 Å². The highest BCUT2D eigenvalue weighted by molar-refractivity contribution is 5.98. The van der Waals surface area contributed by atoms with Crippen LogP contribution in [-0.4, -0.2) is 28.1 Å². The summed E-state index contributed by atoms with van der Waals surface area (Å²) in [5.74, 6) is -1.80. The van der Waals surface area contributed by atoms with E-state index in [2.05, 4.69) is 5.32 Å². The molecule has 5 N–H and O–H groups in total. The zero-order valence-electron chi connectivity index (χ0n) is 10.9. The number of carboxylic acid groups (broad SMARTS) is 1. The summed E-state index contributed by atoms with van der Waals surface area (Å²) < 4.78 is 0. The van der Waals surface area contributed by atoms with Gasteiger partial charge in [0.15, 0.2) is 0 Å². The predicted molar refractivity (Wildman–Crippen MR) is 71.1 cm³/mol. The second-order valence-electron chi connectivity index (χ2n) is 4.44. The molecule has 0 saturated heterocycles. The Bertz CT molecular complexity index is 488. The molecule has 0 aliphatic heterocycles. The number of carboxylic acids is 1. The Kier molecular flexibility index (Phi) is 4.88. The predicted octanol–water partition coefficient (Wildman–Crippen LogP) is 1.40. The smallest absolute Gasteiger partial charge is 0.335 e. The zero-order chi connectivity index (χ0) is 14.6. The molecule has 0 fully saturated rings. The lowest BCUT2D eigenvalue weighted by Crippen LogP contribution is -2.40. The summed E-state index contributed by atoms with van der Waals surface area (Å²) in [6, 6.07) is 2.95. The molecular weight excluding hydrogens is 248 g/mol. The molecule has 6 heteroatoms. The number of nitrogens with two attached hydrogens (primary N) is 1. The minimum absolute atomic E-state index is 0.00945. The van der Waals surface area contributed by atoms with Gasteiger partial charge in [-0.2, -0.15) is 0 Å². The van der Waals surface area contributed by atoms with E-state index in [-0.39, 0.29) is 22.9 Å². The van der Waals surface area contributed by atoms with Crippen molar-refractivity contribution in [3.63, 3.8) is 0 Å². The molecule has 0 radical (unpaired) electrons. The van der Waals surface area contributed by atoms with E-state index in [1.165, 1.54) is 18.2 Å². The number of carbonyl (C=O) groups is 2. The Balaban J connectivity index is 2.90. The number of phenolic OH excluding ortho intramolecular Hbond substituents is 1. The van der Waals surface area contributed by atoms with E-state index in [9.17, 15) is 14.7 Å².